The molecular weight excluding hydrogens is 468 g/mol. The summed E-state index contributed by atoms with van der Waals surface area (Å²) in [5, 5.41) is 11.1. The number of carboxylic acid groups (broad SMARTS) is 1. The van der Waals surface area contributed by atoms with Crippen molar-refractivity contribution in [1.82, 2.24) is 0 Å². The van der Waals surface area contributed by atoms with Crippen LogP contribution < -0.4 is 20.5 Å². The van der Waals surface area contributed by atoms with E-state index < -0.39 is 5.97 Å². The Kier molecular flexibility index (Phi) is 10.2. The number of ether oxygens (including phenoxy) is 1. The molecule has 0 spiro atoms. The number of methoxy groups -OCH3 is 1. The number of hydrogen-bond acceptors (Lipinski definition) is 4. The number of aliphatic carboxylic acids is 1. The highest BCUT2D eigenvalue weighted by Gasteiger charge is 2.15. The monoisotopic (exact) mass is 498 g/mol. The van der Waals surface area contributed by atoms with Crippen molar-refractivity contribution in [2.24, 2.45) is 0 Å². The highest BCUT2D eigenvalue weighted by Crippen LogP contribution is 2.26. The fraction of sp³-hybridized carbons (Fsp3) is 0.269. The zero-order valence-corrected chi connectivity index (χ0v) is 20.4. The predicted molar refractivity (Wildman–Crippen MR) is 131 cm³/mol. The number of halogens is 1. The van der Waals surface area contributed by atoms with Gasteiger partial charge in [0.2, 0.25) is 0 Å². The maximum atomic E-state index is 11.1. The molecule has 170 valence electrons. The maximum absolute atomic E-state index is 11.1. The van der Waals surface area contributed by atoms with Gasteiger partial charge in [-0.25, -0.2) is 0 Å². The lowest BCUT2D eigenvalue weighted by Crippen LogP contribution is -2.51. The Bertz CT molecular complexity index is 945. The molecule has 3 rings (SSSR count). The van der Waals surface area contributed by atoms with E-state index in [9.17, 15) is 9.90 Å². The van der Waals surface area contributed by atoms with E-state index in [0.29, 0.717) is 12.6 Å². The Morgan fingerprint density at radius 2 is 1.59 bits per heavy atom. The smallest absolute Gasteiger partial charge is 0.118 e. The molecule has 5 nitrogen and oxygen atoms in total. The third-order valence-corrected chi connectivity index (χ3v) is 5.66. The Morgan fingerprint density at radius 1 is 1.00 bits per heavy atom. The fourth-order valence-electron chi connectivity index (χ4n) is 3.28. The summed E-state index contributed by atoms with van der Waals surface area (Å²) in [7, 11) is 3.56. The molecule has 0 heterocycles. The highest BCUT2D eigenvalue weighted by molar-refractivity contribution is 9.10. The summed E-state index contributed by atoms with van der Waals surface area (Å²) in [6, 6.07) is 26.1. The lowest BCUT2D eigenvalue weighted by Gasteiger charge is -2.26. The van der Waals surface area contributed by atoms with Crippen LogP contribution in [0.2, 0.25) is 0 Å². The van der Waals surface area contributed by atoms with E-state index in [1.54, 1.807) is 7.11 Å². The van der Waals surface area contributed by atoms with Gasteiger partial charge >= 0.3 is 0 Å². The van der Waals surface area contributed by atoms with Crippen LogP contribution in [-0.4, -0.2) is 26.7 Å². The van der Waals surface area contributed by atoms with E-state index in [-0.39, 0.29) is 12.3 Å². The highest BCUT2D eigenvalue weighted by atomic mass is 79.9. The van der Waals surface area contributed by atoms with Crippen LogP contribution in [0.15, 0.2) is 83.3 Å². The van der Waals surface area contributed by atoms with E-state index in [4.69, 9.17) is 4.74 Å². The van der Waals surface area contributed by atoms with Crippen molar-refractivity contribution in [3.63, 3.8) is 0 Å². The van der Waals surface area contributed by atoms with E-state index in [1.807, 2.05) is 78.7 Å². The number of rotatable bonds is 8. The van der Waals surface area contributed by atoms with Crippen LogP contribution in [-0.2, 0) is 4.79 Å². The molecule has 0 aliphatic carbocycles. The molecule has 0 aliphatic heterocycles. The van der Waals surface area contributed by atoms with Crippen molar-refractivity contribution in [1.29, 1.82) is 0 Å². The Morgan fingerprint density at radius 3 is 2.06 bits per heavy atom. The minimum absolute atomic E-state index is 0.0206. The van der Waals surface area contributed by atoms with Gasteiger partial charge in [0.1, 0.15) is 11.8 Å². The molecule has 0 radical (unpaired) electrons. The van der Waals surface area contributed by atoms with Gasteiger partial charge in [-0.3, -0.25) is 0 Å². The summed E-state index contributed by atoms with van der Waals surface area (Å²) >= 11 is 3.41. The molecule has 0 fully saturated rings. The number of quaternary nitrogens is 1. The molecule has 0 bridgehead atoms. The van der Waals surface area contributed by atoms with Crippen LogP contribution in [0, 0.1) is 0 Å². The first-order valence-electron chi connectivity index (χ1n) is 10.5. The summed E-state index contributed by atoms with van der Waals surface area (Å²) in [4.78, 5) is 13.2. The number of carboxylic acids is 1. The van der Waals surface area contributed by atoms with E-state index in [0.717, 1.165) is 21.5 Å². The molecule has 0 aromatic heterocycles. The standard InChI is InChI=1S/C18H20BrNO3.C8H11N/c1-20(16-7-5-15(19)6-8-16)12-14(11-18(21)22)13-3-9-17(23-2)10-4-13;1-7(9)8-5-3-2-4-6-8/h3-10,14H,11-12H2,1-2H3,(H,21,22);2-7H,9H2,1H3/t14-;7-/m00/s1. The Balaban J connectivity index is 0.000000336. The average molecular weight is 499 g/mol. The van der Waals surface area contributed by atoms with Gasteiger partial charge in [0.25, 0.3) is 0 Å². The zero-order valence-electron chi connectivity index (χ0n) is 18.8. The average Bonchev–Trinajstić information content (AvgIpc) is 2.80. The topological polar surface area (TPSA) is 80.2 Å². The van der Waals surface area contributed by atoms with Crippen molar-refractivity contribution in [3.05, 3.63) is 94.5 Å². The van der Waals surface area contributed by atoms with Gasteiger partial charge in [0.05, 0.1) is 7.11 Å². The molecule has 0 unspecified atom stereocenters. The fourth-order valence-corrected chi connectivity index (χ4v) is 3.54. The molecule has 32 heavy (non-hydrogen) atoms. The largest absolute Gasteiger partial charge is 0.550 e. The number of carbonyl (C=O) groups excluding carboxylic acids is 1. The van der Waals surface area contributed by atoms with Crippen molar-refractivity contribution < 1.29 is 20.4 Å². The molecule has 2 atom stereocenters. The number of nitrogens with zero attached hydrogens (tertiary/aromatic N) is 1. The normalized spacial score (nSPS) is 12.2. The second kappa shape index (κ2) is 12.9. The summed E-state index contributed by atoms with van der Waals surface area (Å²) < 4.78 is 6.16. The summed E-state index contributed by atoms with van der Waals surface area (Å²) in [5.74, 6) is -0.447. The predicted octanol–water partition coefficient (Wildman–Crippen LogP) is 3.81. The Labute approximate surface area is 199 Å². The lowest BCUT2D eigenvalue weighted by atomic mass is 9.95. The Hall–Kier alpha value is -2.83. The first-order chi connectivity index (χ1) is 15.3. The van der Waals surface area contributed by atoms with Crippen LogP contribution >= 0.6 is 15.9 Å². The first kappa shape index (κ1) is 25.4. The summed E-state index contributed by atoms with van der Waals surface area (Å²) in [5.41, 5.74) is 7.20. The van der Waals surface area contributed by atoms with E-state index in [2.05, 4.69) is 40.7 Å². The zero-order chi connectivity index (χ0) is 23.5. The molecule has 3 aromatic carbocycles. The minimum atomic E-state index is -1.05. The molecular formula is C26H31BrN2O3. The minimum Gasteiger partial charge on any atom is -0.550 e. The lowest BCUT2D eigenvalue weighted by molar-refractivity contribution is -0.420. The van der Waals surface area contributed by atoms with Gasteiger partial charge in [-0.2, -0.15) is 0 Å². The van der Waals surface area contributed by atoms with Crippen molar-refractivity contribution in [2.45, 2.75) is 25.3 Å². The van der Waals surface area contributed by atoms with Crippen molar-refractivity contribution in [3.8, 4) is 5.75 Å². The molecule has 0 saturated heterocycles. The van der Waals surface area contributed by atoms with Crippen LogP contribution in [0.5, 0.6) is 5.75 Å². The number of likely N-dealkylation sites (N-methyl/N-ethyl adjacent to an activating group) is 1. The molecule has 6 heteroatoms. The third-order valence-electron chi connectivity index (χ3n) is 5.13. The van der Waals surface area contributed by atoms with Gasteiger partial charge in [-0.05, 0) is 55.3 Å². The second-order valence-electron chi connectivity index (χ2n) is 7.71. The second-order valence-corrected chi connectivity index (χ2v) is 8.63. The third kappa shape index (κ3) is 8.36. The van der Waals surface area contributed by atoms with Crippen LogP contribution in [0.1, 0.15) is 36.4 Å². The van der Waals surface area contributed by atoms with Crippen LogP contribution in [0.4, 0.5) is 5.69 Å². The number of anilines is 1. The van der Waals surface area contributed by atoms with Crippen LogP contribution in [0.3, 0.4) is 0 Å². The maximum Gasteiger partial charge on any atom is 0.118 e. The molecule has 0 aliphatic rings. The molecule has 3 aromatic rings. The number of benzene rings is 3. The number of hydrogen-bond donors (Lipinski definition) is 1. The number of carbonyl (C=O) groups is 1. The summed E-state index contributed by atoms with van der Waals surface area (Å²) in [6.07, 6.45) is -0.0206. The molecule has 0 saturated carbocycles. The quantitative estimate of drug-likeness (QED) is 0.511. The van der Waals surface area contributed by atoms with Gasteiger partial charge in [-0.15, -0.1) is 0 Å². The molecule has 0 amide bonds. The van der Waals surface area contributed by atoms with E-state index in [1.165, 1.54) is 5.56 Å². The van der Waals surface area contributed by atoms with Crippen LogP contribution in [0.25, 0.3) is 0 Å². The van der Waals surface area contributed by atoms with Gasteiger partial charge in [0, 0.05) is 41.2 Å². The SMILES string of the molecule is COc1ccc([C@@H](CC(=O)[O-])CN(C)c2ccc(Br)cc2)cc1.C[C@H]([NH3+])c1ccccc1. The van der Waals surface area contributed by atoms with Gasteiger partial charge < -0.3 is 25.3 Å². The van der Waals surface area contributed by atoms with Gasteiger partial charge in [0.15, 0.2) is 0 Å². The van der Waals surface area contributed by atoms with Crippen molar-refractivity contribution in [2.75, 3.05) is 25.6 Å². The molecule has 3 N–H and O–H groups in total. The van der Waals surface area contributed by atoms with E-state index >= 15 is 0 Å². The summed E-state index contributed by atoms with van der Waals surface area (Å²) in [6.45, 7) is 2.68. The van der Waals surface area contributed by atoms with Gasteiger partial charge in [-0.1, -0.05) is 58.4 Å². The first-order valence-corrected chi connectivity index (χ1v) is 11.3. The van der Waals surface area contributed by atoms with Crippen molar-refractivity contribution >= 4 is 27.6 Å².